The van der Waals surface area contributed by atoms with Crippen molar-refractivity contribution < 1.29 is 4.74 Å². The highest BCUT2D eigenvalue weighted by Gasteiger charge is 2.51. The Bertz CT molecular complexity index is 419. The van der Waals surface area contributed by atoms with Gasteiger partial charge in [-0.05, 0) is 20.8 Å². The second kappa shape index (κ2) is 5.00. The molecule has 2 unspecified atom stereocenters. The average molecular weight is 229 g/mol. The van der Waals surface area contributed by atoms with Crippen molar-refractivity contribution in [3.8, 4) is 18.2 Å². The molecule has 0 aromatic carbocycles. The highest BCUT2D eigenvalue weighted by Crippen LogP contribution is 2.43. The molecule has 0 aliphatic carbocycles. The third-order valence-corrected chi connectivity index (χ3v) is 3.14. The van der Waals surface area contributed by atoms with Crippen molar-refractivity contribution >= 4 is 0 Å². The molecule has 3 atom stereocenters. The molecule has 0 radical (unpaired) electrons. The molecule has 1 aliphatic rings. The van der Waals surface area contributed by atoms with E-state index in [-0.39, 0.29) is 5.92 Å². The Hall–Kier alpha value is -1.83. The quantitative estimate of drug-likeness (QED) is 0.679. The summed E-state index contributed by atoms with van der Waals surface area (Å²) in [5, 5.41) is 27.0. The second-order valence-corrected chi connectivity index (χ2v) is 4.63. The summed E-state index contributed by atoms with van der Waals surface area (Å²) >= 11 is 0. The van der Waals surface area contributed by atoms with Crippen LogP contribution in [0.2, 0.25) is 0 Å². The number of nitrogens with zero attached hydrogens (tertiary/aromatic N) is 3. The van der Waals surface area contributed by atoms with Gasteiger partial charge >= 0.3 is 0 Å². The highest BCUT2D eigenvalue weighted by atomic mass is 16.5. The fraction of sp³-hybridized carbons (Fsp3) is 0.615. The maximum absolute atomic E-state index is 9.22. The van der Waals surface area contributed by atoms with Crippen LogP contribution in [-0.4, -0.2) is 11.7 Å². The first kappa shape index (κ1) is 13.2. The van der Waals surface area contributed by atoms with Gasteiger partial charge in [0.1, 0.15) is 6.10 Å². The van der Waals surface area contributed by atoms with Crippen molar-refractivity contribution in [1.29, 1.82) is 15.8 Å². The molecule has 1 fully saturated rings. The van der Waals surface area contributed by atoms with Crippen LogP contribution in [0.1, 0.15) is 20.8 Å². The van der Waals surface area contributed by atoms with Crippen LogP contribution in [0.5, 0.6) is 0 Å². The summed E-state index contributed by atoms with van der Waals surface area (Å²) in [6.45, 7) is 5.64. The van der Waals surface area contributed by atoms with Gasteiger partial charge in [0.25, 0.3) is 0 Å². The van der Waals surface area contributed by atoms with E-state index >= 15 is 0 Å². The molecule has 88 valence electrons. The molecule has 0 amide bonds. The van der Waals surface area contributed by atoms with Gasteiger partial charge < -0.3 is 4.74 Å². The first-order valence-electron chi connectivity index (χ1n) is 5.51. The van der Waals surface area contributed by atoms with Gasteiger partial charge in [0.05, 0.1) is 29.7 Å². The zero-order valence-electron chi connectivity index (χ0n) is 10.2. The Morgan fingerprint density at radius 3 is 2.24 bits per heavy atom. The molecule has 0 spiro atoms. The van der Waals surface area contributed by atoms with Crippen molar-refractivity contribution in [3.63, 3.8) is 0 Å². The largest absolute Gasteiger partial charge is 0.368 e. The standard InChI is InChI=1S/C13H15N3O/c1-4-5-11-10(8-16)12(9(6-14)7-15)17-13(11,2)3/h4-5,9-12H,1-3H3/b5-4+/t10?,11-,12?/m1/s1. The summed E-state index contributed by atoms with van der Waals surface area (Å²) in [7, 11) is 0. The highest BCUT2D eigenvalue weighted by molar-refractivity contribution is 5.18. The van der Waals surface area contributed by atoms with E-state index in [1.54, 1.807) is 0 Å². The first-order chi connectivity index (χ1) is 8.01. The lowest BCUT2D eigenvalue weighted by Gasteiger charge is -2.24. The third kappa shape index (κ3) is 2.31. The molecule has 0 N–H and O–H groups in total. The molecule has 1 saturated heterocycles. The molecule has 1 aliphatic heterocycles. The Labute approximate surface area is 102 Å². The number of allylic oxidation sites excluding steroid dienone is 1. The van der Waals surface area contributed by atoms with Gasteiger partial charge in [-0.2, -0.15) is 15.8 Å². The maximum atomic E-state index is 9.22. The zero-order valence-corrected chi connectivity index (χ0v) is 10.2. The first-order valence-corrected chi connectivity index (χ1v) is 5.51. The minimum absolute atomic E-state index is 0.0910. The fourth-order valence-corrected chi connectivity index (χ4v) is 2.30. The maximum Gasteiger partial charge on any atom is 0.160 e. The van der Waals surface area contributed by atoms with Gasteiger partial charge in [0, 0.05) is 5.92 Å². The van der Waals surface area contributed by atoms with E-state index < -0.39 is 23.5 Å². The SMILES string of the molecule is C/C=C/[C@@H]1C(C#N)C(C(C#N)C#N)OC1(C)C. The molecule has 4 heteroatoms. The van der Waals surface area contributed by atoms with Crippen LogP contribution in [0, 0.1) is 51.7 Å². The van der Waals surface area contributed by atoms with E-state index in [1.807, 2.05) is 45.1 Å². The van der Waals surface area contributed by atoms with E-state index in [1.165, 1.54) is 0 Å². The van der Waals surface area contributed by atoms with Crippen molar-refractivity contribution in [2.24, 2.45) is 17.8 Å². The fourth-order valence-electron chi connectivity index (χ4n) is 2.30. The summed E-state index contributed by atoms with van der Waals surface area (Å²) in [4.78, 5) is 0. The molecule has 0 aromatic heterocycles. The lowest BCUT2D eigenvalue weighted by atomic mass is 9.79. The topological polar surface area (TPSA) is 80.6 Å². The molecule has 0 saturated carbocycles. The molecule has 1 rings (SSSR count). The van der Waals surface area contributed by atoms with Crippen LogP contribution in [0.4, 0.5) is 0 Å². The molecule has 1 heterocycles. The van der Waals surface area contributed by atoms with Crippen LogP contribution >= 0.6 is 0 Å². The van der Waals surface area contributed by atoms with E-state index in [4.69, 9.17) is 15.3 Å². The molecular weight excluding hydrogens is 214 g/mol. The summed E-state index contributed by atoms with van der Waals surface area (Å²) in [6.07, 6.45) is 3.15. The number of rotatable bonds is 2. The lowest BCUT2D eigenvalue weighted by Crippen LogP contribution is -2.28. The molecule has 0 aromatic rings. The number of hydrogen-bond donors (Lipinski definition) is 0. The van der Waals surface area contributed by atoms with Crippen LogP contribution in [-0.2, 0) is 4.74 Å². The minimum atomic E-state index is -0.894. The van der Waals surface area contributed by atoms with Crippen molar-refractivity contribution in [3.05, 3.63) is 12.2 Å². The summed E-state index contributed by atoms with van der Waals surface area (Å²) in [5.41, 5.74) is -0.524. The Kier molecular flexibility index (Phi) is 3.89. The van der Waals surface area contributed by atoms with Gasteiger partial charge in [0.2, 0.25) is 0 Å². The van der Waals surface area contributed by atoms with Gasteiger partial charge in [-0.1, -0.05) is 12.2 Å². The monoisotopic (exact) mass is 229 g/mol. The molecule has 4 nitrogen and oxygen atoms in total. The molecule has 0 bridgehead atoms. The van der Waals surface area contributed by atoms with Crippen molar-refractivity contribution in [1.82, 2.24) is 0 Å². The summed E-state index contributed by atoms with van der Waals surface area (Å²) in [6, 6.07) is 5.97. The predicted octanol–water partition coefficient (Wildman–Crippen LogP) is 2.16. The minimum Gasteiger partial charge on any atom is -0.368 e. The van der Waals surface area contributed by atoms with Crippen LogP contribution in [0.3, 0.4) is 0 Å². The van der Waals surface area contributed by atoms with Crippen molar-refractivity contribution in [2.75, 3.05) is 0 Å². The Balaban J connectivity index is 3.11. The Morgan fingerprint density at radius 2 is 1.82 bits per heavy atom. The van der Waals surface area contributed by atoms with Crippen LogP contribution in [0.15, 0.2) is 12.2 Å². The van der Waals surface area contributed by atoms with Gasteiger partial charge in [0.15, 0.2) is 5.92 Å². The summed E-state index contributed by atoms with van der Waals surface area (Å²) < 4.78 is 5.74. The smallest absolute Gasteiger partial charge is 0.160 e. The van der Waals surface area contributed by atoms with Gasteiger partial charge in [-0.15, -0.1) is 0 Å². The van der Waals surface area contributed by atoms with E-state index in [2.05, 4.69) is 6.07 Å². The number of ether oxygens (including phenoxy) is 1. The number of hydrogen-bond acceptors (Lipinski definition) is 4. The van der Waals surface area contributed by atoms with Gasteiger partial charge in [-0.25, -0.2) is 0 Å². The lowest BCUT2D eigenvalue weighted by molar-refractivity contribution is -0.0343. The van der Waals surface area contributed by atoms with E-state index in [0.29, 0.717) is 0 Å². The third-order valence-electron chi connectivity index (χ3n) is 3.14. The zero-order chi connectivity index (χ0) is 13.1. The molecule has 17 heavy (non-hydrogen) atoms. The van der Waals surface area contributed by atoms with Crippen molar-refractivity contribution in [2.45, 2.75) is 32.5 Å². The molecular formula is C13H15N3O. The predicted molar refractivity (Wildman–Crippen MR) is 61.1 cm³/mol. The van der Waals surface area contributed by atoms with E-state index in [9.17, 15) is 5.26 Å². The second-order valence-electron chi connectivity index (χ2n) is 4.63. The number of nitriles is 3. The normalized spacial score (nSPS) is 31.0. The summed E-state index contributed by atoms with van der Waals surface area (Å²) in [5.74, 6) is -1.44. The van der Waals surface area contributed by atoms with Crippen LogP contribution < -0.4 is 0 Å². The average Bonchev–Trinajstić information content (AvgIpc) is 2.53. The van der Waals surface area contributed by atoms with Crippen LogP contribution in [0.25, 0.3) is 0 Å². The van der Waals surface area contributed by atoms with E-state index in [0.717, 1.165) is 0 Å². The Morgan fingerprint density at radius 1 is 1.24 bits per heavy atom. The van der Waals surface area contributed by atoms with Gasteiger partial charge in [-0.3, -0.25) is 0 Å².